The van der Waals surface area contributed by atoms with Crippen molar-refractivity contribution in [3.05, 3.63) is 124 Å². The van der Waals surface area contributed by atoms with Crippen LogP contribution in [0.2, 0.25) is 0 Å². The van der Waals surface area contributed by atoms with Gasteiger partial charge in [-0.3, -0.25) is 19.2 Å². The van der Waals surface area contributed by atoms with Crippen molar-refractivity contribution in [2.45, 2.75) is 76.4 Å². The first-order valence-corrected chi connectivity index (χ1v) is 29.9. The van der Waals surface area contributed by atoms with Crippen molar-refractivity contribution in [2.75, 3.05) is 119 Å². The molecule has 0 unspecified atom stereocenters. The highest BCUT2D eigenvalue weighted by atomic mass is 33.1. The number of anilines is 5. The summed E-state index contributed by atoms with van der Waals surface area (Å²) in [7, 11) is 9.84. The van der Waals surface area contributed by atoms with Gasteiger partial charge < -0.3 is 63.3 Å². The third-order valence-electron chi connectivity index (χ3n) is 14.5. The fraction of sp³-hybridized carbons (Fsp3) is 0.426. The predicted molar refractivity (Wildman–Crippen MR) is 318 cm³/mol. The second-order valence-electron chi connectivity index (χ2n) is 20.8. The molecular weight excluding hydrogens is 1090 g/mol. The number of hydroxylamine groups is 2. The lowest BCUT2D eigenvalue weighted by Gasteiger charge is -2.34. The van der Waals surface area contributed by atoms with Crippen molar-refractivity contribution in [3.8, 4) is 23.0 Å². The number of carbonyl (C=O) groups is 5. The Morgan fingerprint density at radius 3 is 2.12 bits per heavy atom. The average molecular weight is 1160 g/mol. The summed E-state index contributed by atoms with van der Waals surface area (Å²) in [5.41, 5.74) is 8.81. The van der Waals surface area contributed by atoms with Crippen LogP contribution in [0.5, 0.6) is 23.0 Å². The summed E-state index contributed by atoms with van der Waals surface area (Å²) in [5, 5.41) is 7.34. The van der Waals surface area contributed by atoms with Gasteiger partial charge in [-0.2, -0.15) is 0 Å². The van der Waals surface area contributed by atoms with Crippen molar-refractivity contribution < 1.29 is 62.0 Å². The molecule has 19 nitrogen and oxygen atoms in total. The Hall–Kier alpha value is -7.17. The van der Waals surface area contributed by atoms with E-state index in [1.54, 1.807) is 73.1 Å². The molecule has 4 heterocycles. The van der Waals surface area contributed by atoms with E-state index in [1.807, 2.05) is 53.4 Å². The molecule has 0 saturated carbocycles. The van der Waals surface area contributed by atoms with E-state index in [9.17, 15) is 24.0 Å². The van der Waals surface area contributed by atoms with E-state index in [2.05, 4.69) is 53.6 Å². The quantitative estimate of drug-likeness (QED) is 0.0261. The topological polar surface area (TPSA) is 196 Å². The van der Waals surface area contributed by atoms with Gasteiger partial charge in [0.1, 0.15) is 13.2 Å². The summed E-state index contributed by atoms with van der Waals surface area (Å²) in [4.78, 5) is 76.1. The van der Waals surface area contributed by atoms with Crippen LogP contribution in [0.1, 0.15) is 82.5 Å². The summed E-state index contributed by atoms with van der Waals surface area (Å²) >= 11 is 0. The maximum atomic E-state index is 14.3. The lowest BCUT2D eigenvalue weighted by atomic mass is 10.1. The van der Waals surface area contributed by atoms with Crippen LogP contribution in [0.4, 0.5) is 28.4 Å². The monoisotopic (exact) mass is 1160 g/mol. The van der Waals surface area contributed by atoms with Gasteiger partial charge in [0.15, 0.2) is 23.0 Å². The number of ether oxygens (including phenoxy) is 7. The van der Waals surface area contributed by atoms with Crippen molar-refractivity contribution >= 4 is 79.6 Å². The van der Waals surface area contributed by atoms with E-state index < -0.39 is 17.8 Å². The van der Waals surface area contributed by atoms with Gasteiger partial charge in [-0.05, 0) is 97.8 Å². The van der Waals surface area contributed by atoms with E-state index in [0.29, 0.717) is 122 Å². The number of fused-ring (bicyclic) bond motifs is 5. The van der Waals surface area contributed by atoms with Crippen molar-refractivity contribution in [2.24, 2.45) is 0 Å². The van der Waals surface area contributed by atoms with Gasteiger partial charge in [-0.15, -0.1) is 5.06 Å². The number of hydrogen-bond donors (Lipinski definition) is 2. The van der Waals surface area contributed by atoms with Crippen LogP contribution in [0, 0.1) is 0 Å². The minimum absolute atomic E-state index is 0.0387. The van der Waals surface area contributed by atoms with Crippen LogP contribution in [-0.2, 0) is 59.5 Å². The lowest BCUT2D eigenvalue weighted by Crippen LogP contribution is -2.39. The Morgan fingerprint density at radius 1 is 0.756 bits per heavy atom. The SMILES string of the molecule is CNc1cc(OCc2cc(COc3cc4c(cc3OC)C(=O)N3c5ccccc5C[C@H]3CN4)cc(N(CCOCCOCCOC)CC(C)(C)SSCCCC(=O)ON3C(=O)CCC3=O)c2)c(OC)cc1C(=O)N1CCc2ccccc21. The first-order chi connectivity index (χ1) is 39.8. The average Bonchev–Trinajstić information content (AvgIpc) is 4.38. The maximum absolute atomic E-state index is 14.3. The molecule has 0 radical (unpaired) electrons. The van der Waals surface area contributed by atoms with Gasteiger partial charge in [-0.25, -0.2) is 4.79 Å². The van der Waals surface area contributed by atoms with Crippen molar-refractivity contribution in [1.82, 2.24) is 5.06 Å². The molecule has 0 spiro atoms. The number of benzene rings is 5. The number of amides is 4. The third-order valence-corrected chi connectivity index (χ3v) is 17.8. The molecule has 4 aliphatic heterocycles. The number of hydrogen-bond acceptors (Lipinski definition) is 18. The minimum Gasteiger partial charge on any atom is -0.493 e. The molecule has 436 valence electrons. The second kappa shape index (κ2) is 27.7. The zero-order valence-corrected chi connectivity index (χ0v) is 49.0. The zero-order valence-electron chi connectivity index (χ0n) is 47.4. The van der Waals surface area contributed by atoms with Crippen LogP contribution in [0.25, 0.3) is 0 Å². The van der Waals surface area contributed by atoms with E-state index in [1.165, 1.54) is 0 Å². The molecule has 82 heavy (non-hydrogen) atoms. The highest BCUT2D eigenvalue weighted by molar-refractivity contribution is 8.77. The maximum Gasteiger partial charge on any atom is 0.333 e. The number of imide groups is 1. The normalized spacial score (nSPS) is 15.3. The fourth-order valence-electron chi connectivity index (χ4n) is 10.4. The Labute approximate surface area is 486 Å². The smallest absolute Gasteiger partial charge is 0.333 e. The van der Waals surface area contributed by atoms with E-state index >= 15 is 0 Å². The van der Waals surface area contributed by atoms with Crippen molar-refractivity contribution in [1.29, 1.82) is 0 Å². The molecule has 1 fully saturated rings. The number of para-hydroxylation sites is 2. The summed E-state index contributed by atoms with van der Waals surface area (Å²) in [6.07, 6.45) is 2.15. The molecule has 0 bridgehead atoms. The molecule has 0 aromatic heterocycles. The molecule has 4 aliphatic rings. The predicted octanol–water partition coefficient (Wildman–Crippen LogP) is 9.14. The molecular formula is C61H72N6O13S2. The van der Waals surface area contributed by atoms with Gasteiger partial charge in [0, 0.05) is 99.3 Å². The Bertz CT molecular complexity index is 3110. The molecule has 4 amide bonds. The first-order valence-electron chi connectivity index (χ1n) is 27.6. The first kappa shape index (κ1) is 59.5. The molecule has 5 aromatic rings. The van der Waals surface area contributed by atoms with E-state index in [-0.39, 0.29) is 55.1 Å². The van der Waals surface area contributed by atoms with Gasteiger partial charge in [0.05, 0.1) is 75.8 Å². The summed E-state index contributed by atoms with van der Waals surface area (Å²) in [6, 6.07) is 29.3. The second-order valence-corrected chi connectivity index (χ2v) is 23.9. The Morgan fingerprint density at radius 2 is 1.41 bits per heavy atom. The van der Waals surface area contributed by atoms with Crippen molar-refractivity contribution in [3.63, 3.8) is 0 Å². The van der Waals surface area contributed by atoms with Gasteiger partial charge >= 0.3 is 5.97 Å². The zero-order chi connectivity index (χ0) is 57.8. The standard InChI is InChI=1S/C61H72N6O13S2/c1-61(2,82-81-27-11-16-58(70)80-67-56(68)17-18-57(67)69)39-64(21-22-76-25-26-77-24-23-73-4)44-29-40(37-78-54-34-48(62-3)46(32-52(54)74-5)59(71)65-20-19-42-12-7-9-14-50(42)65)28-41(30-44)38-79-55-35-49-47(33-53(55)75-6)60(72)66-45(36-63-49)31-43-13-8-10-15-51(43)66/h7-10,12-15,28-30,32-35,45,62-63H,11,16-27,31,36-39H2,1-6H3/t45-/m0/s1. The van der Waals surface area contributed by atoms with E-state index in [0.717, 1.165) is 52.2 Å². The summed E-state index contributed by atoms with van der Waals surface area (Å²) in [6.45, 7) is 8.91. The third kappa shape index (κ3) is 14.3. The number of nitrogens with one attached hydrogen (secondary N) is 2. The highest BCUT2D eigenvalue weighted by Crippen LogP contribution is 2.43. The Balaban J connectivity index is 0.972. The van der Waals surface area contributed by atoms with Gasteiger partial charge in [-0.1, -0.05) is 58.0 Å². The fourth-order valence-corrected chi connectivity index (χ4v) is 13.0. The molecule has 5 aromatic carbocycles. The number of nitrogens with zero attached hydrogens (tertiary/aromatic N) is 4. The molecule has 1 saturated heterocycles. The summed E-state index contributed by atoms with van der Waals surface area (Å²) < 4.78 is 41.8. The van der Waals surface area contributed by atoms with Crippen LogP contribution in [0.3, 0.4) is 0 Å². The number of methoxy groups -OCH3 is 3. The molecule has 1 atom stereocenters. The summed E-state index contributed by atoms with van der Waals surface area (Å²) in [5.74, 6) is 0.449. The van der Waals surface area contributed by atoms with E-state index in [4.69, 9.17) is 38.0 Å². The number of rotatable bonds is 29. The van der Waals surface area contributed by atoms with Crippen LogP contribution < -0.4 is 44.3 Å². The van der Waals surface area contributed by atoms with Gasteiger partial charge in [0.2, 0.25) is 0 Å². The van der Waals surface area contributed by atoms with Crippen LogP contribution in [0.15, 0.2) is 91.0 Å². The minimum atomic E-state index is -0.622. The molecule has 2 N–H and O–H groups in total. The molecule has 0 aliphatic carbocycles. The highest BCUT2D eigenvalue weighted by Gasteiger charge is 2.38. The van der Waals surface area contributed by atoms with Crippen LogP contribution in [-0.4, -0.2) is 139 Å². The molecule has 9 rings (SSSR count). The van der Waals surface area contributed by atoms with Crippen LogP contribution >= 0.6 is 21.6 Å². The Kier molecular flexibility index (Phi) is 20.1. The molecule has 21 heteroatoms. The largest absolute Gasteiger partial charge is 0.493 e. The lowest BCUT2D eigenvalue weighted by molar-refractivity contribution is -0.197. The van der Waals surface area contributed by atoms with Gasteiger partial charge in [0.25, 0.3) is 23.6 Å². The number of carbonyl (C=O) groups excluding carboxylic acids is 5.